The first-order chi connectivity index (χ1) is 12.5. The number of halogens is 1. The number of nitrogens with zero attached hydrogens (tertiary/aromatic N) is 2. The van der Waals surface area contributed by atoms with Gasteiger partial charge in [-0.3, -0.25) is 9.59 Å². The smallest absolute Gasteiger partial charge is 0.249 e. The van der Waals surface area contributed by atoms with Crippen LogP contribution in [0.25, 0.3) is 0 Å². The van der Waals surface area contributed by atoms with Crippen LogP contribution in [0, 0.1) is 0 Å². The number of rotatable bonds is 4. The first-order valence-corrected chi connectivity index (χ1v) is 9.91. The summed E-state index contributed by atoms with van der Waals surface area (Å²) in [7, 11) is 0. The van der Waals surface area contributed by atoms with Gasteiger partial charge in [-0.05, 0) is 44.4 Å². The molecule has 2 fully saturated rings. The Bertz CT molecular complexity index is 740. The summed E-state index contributed by atoms with van der Waals surface area (Å²) in [5.41, 5.74) is 1.50. The number of benzene rings is 1. The number of hydrogen-bond donors (Lipinski definition) is 0. The van der Waals surface area contributed by atoms with Crippen molar-refractivity contribution >= 4 is 27.7 Å². The van der Waals surface area contributed by atoms with Crippen LogP contribution in [0.3, 0.4) is 0 Å². The molecule has 1 aromatic carbocycles. The second kappa shape index (κ2) is 7.78. The largest absolute Gasteiger partial charge is 0.338 e. The van der Waals surface area contributed by atoms with E-state index in [1.54, 1.807) is 0 Å². The predicted molar refractivity (Wildman–Crippen MR) is 107 cm³/mol. The van der Waals surface area contributed by atoms with E-state index in [1.807, 2.05) is 66.1 Å². The quantitative estimate of drug-likeness (QED) is 0.554. The molecule has 0 spiro atoms. The standard InChI is InChI=1S/C21H25BrN2O2/c1-3-4-5-16(2)19(25)23-12-14-24(15-13-23)20(26)21(10-11-21)17-6-8-18(22)9-7-17/h3-9H,10-15H2,1-2H3/b4-3-,16-5+. The van der Waals surface area contributed by atoms with Crippen molar-refractivity contribution in [2.24, 2.45) is 0 Å². The Morgan fingerprint density at radius 3 is 2.15 bits per heavy atom. The number of piperazine rings is 1. The van der Waals surface area contributed by atoms with Crippen molar-refractivity contribution in [1.82, 2.24) is 9.80 Å². The van der Waals surface area contributed by atoms with E-state index in [2.05, 4.69) is 15.9 Å². The molecule has 2 amide bonds. The van der Waals surface area contributed by atoms with Crippen LogP contribution < -0.4 is 0 Å². The molecule has 0 bridgehead atoms. The Balaban J connectivity index is 1.62. The van der Waals surface area contributed by atoms with Crippen LogP contribution in [0.15, 0.2) is 52.5 Å². The van der Waals surface area contributed by atoms with Gasteiger partial charge >= 0.3 is 0 Å². The average molecular weight is 417 g/mol. The summed E-state index contributed by atoms with van der Waals surface area (Å²) in [6.45, 7) is 6.19. The Hall–Kier alpha value is -1.88. The molecule has 1 saturated heterocycles. The van der Waals surface area contributed by atoms with Crippen LogP contribution in [0.2, 0.25) is 0 Å². The molecule has 0 N–H and O–H groups in total. The zero-order chi connectivity index (χ0) is 18.7. The van der Waals surface area contributed by atoms with E-state index < -0.39 is 0 Å². The van der Waals surface area contributed by atoms with Gasteiger partial charge in [-0.25, -0.2) is 0 Å². The lowest BCUT2D eigenvalue weighted by Gasteiger charge is -2.37. The summed E-state index contributed by atoms with van der Waals surface area (Å²) in [5, 5.41) is 0. The zero-order valence-electron chi connectivity index (χ0n) is 15.4. The van der Waals surface area contributed by atoms with Crippen molar-refractivity contribution < 1.29 is 9.59 Å². The van der Waals surface area contributed by atoms with Gasteiger partial charge in [0.05, 0.1) is 5.41 Å². The fraction of sp³-hybridized carbons (Fsp3) is 0.429. The normalized spacial score (nSPS) is 19.7. The summed E-state index contributed by atoms with van der Waals surface area (Å²) in [6.07, 6.45) is 7.45. The summed E-state index contributed by atoms with van der Waals surface area (Å²) >= 11 is 3.45. The molecule has 0 radical (unpaired) electrons. The van der Waals surface area contributed by atoms with Crippen LogP contribution in [-0.4, -0.2) is 47.8 Å². The molecule has 1 heterocycles. The molecule has 0 unspecified atom stereocenters. The third-order valence-electron chi connectivity index (χ3n) is 5.29. The minimum atomic E-state index is -0.339. The lowest BCUT2D eigenvalue weighted by atomic mass is 9.94. The fourth-order valence-corrected chi connectivity index (χ4v) is 3.76. The minimum absolute atomic E-state index is 0.0595. The second-order valence-corrected chi connectivity index (χ2v) is 7.96. The monoisotopic (exact) mass is 416 g/mol. The highest BCUT2D eigenvalue weighted by atomic mass is 79.9. The van der Waals surface area contributed by atoms with Crippen LogP contribution in [0.5, 0.6) is 0 Å². The van der Waals surface area contributed by atoms with Gasteiger partial charge in [0.2, 0.25) is 11.8 Å². The third-order valence-corrected chi connectivity index (χ3v) is 5.81. The van der Waals surface area contributed by atoms with Crippen molar-refractivity contribution in [2.45, 2.75) is 32.1 Å². The molecular formula is C21H25BrN2O2. The highest BCUT2D eigenvalue weighted by molar-refractivity contribution is 9.10. The molecular weight excluding hydrogens is 392 g/mol. The first-order valence-electron chi connectivity index (χ1n) is 9.12. The van der Waals surface area contributed by atoms with Crippen LogP contribution in [-0.2, 0) is 15.0 Å². The molecule has 138 valence electrons. The number of carbonyl (C=O) groups excluding carboxylic acids is 2. The lowest BCUT2D eigenvalue weighted by Crippen LogP contribution is -2.53. The van der Waals surface area contributed by atoms with Gasteiger partial charge in [-0.1, -0.05) is 46.3 Å². The Labute approximate surface area is 163 Å². The van der Waals surface area contributed by atoms with E-state index >= 15 is 0 Å². The van der Waals surface area contributed by atoms with Gasteiger partial charge in [0, 0.05) is 36.2 Å². The van der Waals surface area contributed by atoms with Gasteiger partial charge in [0.25, 0.3) is 0 Å². The van der Waals surface area contributed by atoms with Gasteiger partial charge in [0.15, 0.2) is 0 Å². The number of allylic oxidation sites excluding steroid dienone is 3. The molecule has 1 saturated carbocycles. The molecule has 1 aliphatic carbocycles. The zero-order valence-corrected chi connectivity index (χ0v) is 17.0. The van der Waals surface area contributed by atoms with E-state index in [0.29, 0.717) is 26.2 Å². The first kappa shape index (κ1) is 18.9. The topological polar surface area (TPSA) is 40.6 Å². The molecule has 26 heavy (non-hydrogen) atoms. The Morgan fingerprint density at radius 2 is 1.62 bits per heavy atom. The molecule has 0 atom stereocenters. The highest BCUT2D eigenvalue weighted by Gasteiger charge is 2.53. The maximum absolute atomic E-state index is 13.1. The number of amides is 2. The van der Waals surface area contributed by atoms with Crippen molar-refractivity contribution in [3.63, 3.8) is 0 Å². The Kier molecular flexibility index (Phi) is 5.66. The summed E-state index contributed by atoms with van der Waals surface area (Å²) < 4.78 is 1.03. The molecule has 1 aliphatic heterocycles. The van der Waals surface area contributed by atoms with E-state index in [4.69, 9.17) is 0 Å². The van der Waals surface area contributed by atoms with Crippen molar-refractivity contribution in [3.05, 3.63) is 58.1 Å². The van der Waals surface area contributed by atoms with Crippen LogP contribution >= 0.6 is 15.9 Å². The average Bonchev–Trinajstić information content (AvgIpc) is 3.47. The predicted octanol–water partition coefficient (Wildman–Crippen LogP) is 3.67. The van der Waals surface area contributed by atoms with E-state index in [-0.39, 0.29) is 17.2 Å². The van der Waals surface area contributed by atoms with E-state index in [9.17, 15) is 9.59 Å². The second-order valence-electron chi connectivity index (χ2n) is 7.05. The van der Waals surface area contributed by atoms with Gasteiger partial charge < -0.3 is 9.80 Å². The molecule has 1 aromatic rings. The van der Waals surface area contributed by atoms with Crippen molar-refractivity contribution in [2.75, 3.05) is 26.2 Å². The summed E-state index contributed by atoms with van der Waals surface area (Å²) in [6, 6.07) is 8.09. The number of hydrogen-bond acceptors (Lipinski definition) is 2. The third kappa shape index (κ3) is 3.78. The van der Waals surface area contributed by atoms with E-state index in [1.165, 1.54) is 0 Å². The van der Waals surface area contributed by atoms with Gasteiger partial charge in [-0.15, -0.1) is 0 Å². The van der Waals surface area contributed by atoms with Crippen LogP contribution in [0.1, 0.15) is 32.3 Å². The van der Waals surface area contributed by atoms with Gasteiger partial charge in [-0.2, -0.15) is 0 Å². The number of carbonyl (C=O) groups is 2. The van der Waals surface area contributed by atoms with Crippen molar-refractivity contribution in [3.8, 4) is 0 Å². The maximum atomic E-state index is 13.1. The Morgan fingerprint density at radius 1 is 1.04 bits per heavy atom. The SMILES string of the molecule is C/C=C\C=C(/C)C(=O)N1CCN(C(=O)C2(c3ccc(Br)cc3)CC2)CC1. The molecule has 0 aromatic heterocycles. The lowest BCUT2D eigenvalue weighted by molar-refractivity contribution is -0.139. The molecule has 5 heteroatoms. The van der Waals surface area contributed by atoms with Crippen molar-refractivity contribution in [1.29, 1.82) is 0 Å². The fourth-order valence-electron chi connectivity index (χ4n) is 3.50. The highest BCUT2D eigenvalue weighted by Crippen LogP contribution is 2.49. The molecule has 2 aliphatic rings. The molecule has 4 nitrogen and oxygen atoms in total. The minimum Gasteiger partial charge on any atom is -0.338 e. The summed E-state index contributed by atoms with van der Waals surface area (Å²) in [5.74, 6) is 0.275. The summed E-state index contributed by atoms with van der Waals surface area (Å²) in [4.78, 5) is 29.3. The maximum Gasteiger partial charge on any atom is 0.249 e. The van der Waals surface area contributed by atoms with E-state index in [0.717, 1.165) is 28.5 Å². The van der Waals surface area contributed by atoms with Crippen LogP contribution in [0.4, 0.5) is 0 Å². The van der Waals surface area contributed by atoms with Gasteiger partial charge in [0.1, 0.15) is 0 Å². The molecule has 3 rings (SSSR count).